The molecule has 0 radical (unpaired) electrons. The molecule has 1 aromatic carbocycles. The lowest BCUT2D eigenvalue weighted by molar-refractivity contribution is 0.467. The molecule has 5 nitrogen and oxygen atoms in total. The van der Waals surface area contributed by atoms with Crippen molar-refractivity contribution in [1.29, 1.82) is 5.26 Å². The molecule has 0 aliphatic carbocycles. The second-order valence-electron chi connectivity index (χ2n) is 4.95. The smallest absolute Gasteiger partial charge is 0.209 e. The van der Waals surface area contributed by atoms with E-state index in [9.17, 15) is 8.42 Å². The van der Waals surface area contributed by atoms with Gasteiger partial charge in [-0.05, 0) is 31.0 Å². The molecule has 7 heteroatoms. The van der Waals surface area contributed by atoms with Gasteiger partial charge in [-0.3, -0.25) is 0 Å². The van der Waals surface area contributed by atoms with Gasteiger partial charge >= 0.3 is 0 Å². The van der Waals surface area contributed by atoms with Crippen LogP contribution in [0.2, 0.25) is 5.02 Å². The topological polar surface area (TPSA) is 73.2 Å². The number of halogens is 1. The van der Waals surface area contributed by atoms with Crippen molar-refractivity contribution in [2.75, 3.05) is 24.2 Å². The van der Waals surface area contributed by atoms with Gasteiger partial charge in [0.2, 0.25) is 10.0 Å². The number of nitriles is 1. The third-order valence-corrected chi connectivity index (χ3v) is 4.31. The van der Waals surface area contributed by atoms with Crippen molar-refractivity contribution in [3.05, 3.63) is 28.8 Å². The van der Waals surface area contributed by atoms with Crippen molar-refractivity contribution in [2.45, 2.75) is 18.9 Å². The summed E-state index contributed by atoms with van der Waals surface area (Å²) >= 11 is 6.03. The van der Waals surface area contributed by atoms with Gasteiger partial charge < -0.3 is 4.90 Å². The van der Waals surface area contributed by atoms with Crippen LogP contribution in [0.15, 0.2) is 18.2 Å². The van der Waals surface area contributed by atoms with E-state index in [2.05, 4.69) is 9.62 Å². The second kappa shape index (κ2) is 6.00. The van der Waals surface area contributed by atoms with Crippen molar-refractivity contribution in [3.8, 4) is 6.07 Å². The molecule has 0 spiro atoms. The first-order valence-corrected chi connectivity index (χ1v) is 8.58. The van der Waals surface area contributed by atoms with Crippen molar-refractivity contribution < 1.29 is 8.42 Å². The van der Waals surface area contributed by atoms with E-state index in [1.54, 1.807) is 12.1 Å². The van der Waals surface area contributed by atoms with Gasteiger partial charge in [-0.1, -0.05) is 11.6 Å². The van der Waals surface area contributed by atoms with E-state index in [1.807, 2.05) is 12.1 Å². The SMILES string of the molecule is CS(=O)(=O)N[C@H]1CCCN(c2ccc(C#N)c(Cl)c2)C1. The third-order valence-electron chi connectivity index (χ3n) is 3.24. The Balaban J connectivity index is 2.13. The molecule has 1 aliphatic rings. The predicted octanol–water partition coefficient (Wildman–Crippen LogP) is 1.73. The number of nitrogens with zero attached hydrogens (tertiary/aromatic N) is 2. The van der Waals surface area contributed by atoms with Crippen LogP contribution in [-0.2, 0) is 10.0 Å². The summed E-state index contributed by atoms with van der Waals surface area (Å²) in [6.45, 7) is 1.46. The average molecular weight is 314 g/mol. The molecule has 108 valence electrons. The number of sulfonamides is 1. The van der Waals surface area contributed by atoms with E-state index >= 15 is 0 Å². The maximum Gasteiger partial charge on any atom is 0.209 e. The number of hydrogen-bond acceptors (Lipinski definition) is 4. The number of anilines is 1. The summed E-state index contributed by atoms with van der Waals surface area (Å²) in [5.74, 6) is 0. The molecule has 1 heterocycles. The molecule has 0 aromatic heterocycles. The fourth-order valence-electron chi connectivity index (χ4n) is 2.40. The van der Waals surface area contributed by atoms with Crippen molar-refractivity contribution >= 4 is 27.3 Å². The highest BCUT2D eigenvalue weighted by atomic mass is 35.5. The molecule has 20 heavy (non-hydrogen) atoms. The number of benzene rings is 1. The highest BCUT2D eigenvalue weighted by Gasteiger charge is 2.22. The third kappa shape index (κ3) is 3.85. The summed E-state index contributed by atoms with van der Waals surface area (Å²) in [6.07, 6.45) is 2.91. The number of nitrogens with one attached hydrogen (secondary N) is 1. The zero-order valence-corrected chi connectivity index (χ0v) is 12.7. The Morgan fingerprint density at radius 1 is 1.50 bits per heavy atom. The summed E-state index contributed by atoms with van der Waals surface area (Å²) in [7, 11) is -3.19. The quantitative estimate of drug-likeness (QED) is 0.922. The van der Waals surface area contributed by atoms with Crippen molar-refractivity contribution in [3.63, 3.8) is 0 Å². The van der Waals surface area contributed by atoms with Crippen LogP contribution in [0.3, 0.4) is 0 Å². The molecule has 2 rings (SSSR count). The lowest BCUT2D eigenvalue weighted by atomic mass is 10.1. The fourth-order valence-corrected chi connectivity index (χ4v) is 3.42. The summed E-state index contributed by atoms with van der Waals surface area (Å²) in [5, 5.41) is 9.28. The van der Waals surface area contributed by atoms with Crippen LogP contribution in [0.25, 0.3) is 0 Å². The van der Waals surface area contributed by atoms with Crippen LogP contribution < -0.4 is 9.62 Å². The molecule has 0 unspecified atom stereocenters. The zero-order chi connectivity index (χ0) is 14.8. The minimum Gasteiger partial charge on any atom is -0.370 e. The van der Waals surface area contributed by atoms with Crippen LogP contribution in [0.1, 0.15) is 18.4 Å². The molecule has 1 N–H and O–H groups in total. The molecular formula is C13H16ClN3O2S. The molecule has 0 amide bonds. The Kier molecular flexibility index (Phi) is 4.53. The highest BCUT2D eigenvalue weighted by molar-refractivity contribution is 7.88. The van der Waals surface area contributed by atoms with E-state index in [4.69, 9.17) is 16.9 Å². The molecular weight excluding hydrogens is 298 g/mol. The van der Waals surface area contributed by atoms with Gasteiger partial charge in [-0.25, -0.2) is 13.1 Å². The van der Waals surface area contributed by atoms with E-state index in [0.29, 0.717) is 17.1 Å². The zero-order valence-electron chi connectivity index (χ0n) is 11.1. The lowest BCUT2D eigenvalue weighted by Gasteiger charge is -2.34. The number of hydrogen-bond donors (Lipinski definition) is 1. The maximum atomic E-state index is 11.3. The Hall–Kier alpha value is -1.29. The monoisotopic (exact) mass is 313 g/mol. The normalized spacial score (nSPS) is 19.6. The standard InChI is InChI=1S/C13H16ClN3O2S/c1-20(18,19)16-11-3-2-6-17(9-11)12-5-4-10(8-15)13(14)7-12/h4-5,7,11,16H,2-3,6,9H2,1H3/t11-/m0/s1. The lowest BCUT2D eigenvalue weighted by Crippen LogP contribution is -2.47. The average Bonchev–Trinajstić information content (AvgIpc) is 2.37. The second-order valence-corrected chi connectivity index (χ2v) is 7.14. The van der Waals surface area contributed by atoms with E-state index in [0.717, 1.165) is 25.1 Å². The number of piperidine rings is 1. The molecule has 0 bridgehead atoms. The summed E-state index contributed by atoms with van der Waals surface area (Å²) in [4.78, 5) is 2.08. The van der Waals surface area contributed by atoms with Gasteiger partial charge in [0.05, 0.1) is 16.8 Å². The maximum absolute atomic E-state index is 11.3. The molecule has 1 saturated heterocycles. The molecule has 0 saturated carbocycles. The van der Waals surface area contributed by atoms with Gasteiger partial charge in [0.15, 0.2) is 0 Å². The first-order chi connectivity index (χ1) is 9.39. The van der Waals surface area contributed by atoms with Crippen LogP contribution in [0, 0.1) is 11.3 Å². The molecule has 1 aromatic rings. The van der Waals surface area contributed by atoms with Gasteiger partial charge in [0.1, 0.15) is 6.07 Å². The Labute approximate surface area is 124 Å². The van der Waals surface area contributed by atoms with Gasteiger partial charge in [-0.2, -0.15) is 5.26 Å². The van der Waals surface area contributed by atoms with Crippen LogP contribution >= 0.6 is 11.6 Å². The van der Waals surface area contributed by atoms with Crippen molar-refractivity contribution in [2.24, 2.45) is 0 Å². The Morgan fingerprint density at radius 2 is 2.25 bits per heavy atom. The minimum atomic E-state index is -3.19. The molecule has 1 fully saturated rings. The molecule has 1 aliphatic heterocycles. The first kappa shape index (κ1) is 15.1. The minimum absolute atomic E-state index is 0.0897. The van der Waals surface area contributed by atoms with Crippen molar-refractivity contribution in [1.82, 2.24) is 4.72 Å². The fraction of sp³-hybridized carbons (Fsp3) is 0.462. The van der Waals surface area contributed by atoms with Gasteiger partial charge in [-0.15, -0.1) is 0 Å². The van der Waals surface area contributed by atoms with Crippen LogP contribution in [-0.4, -0.2) is 33.8 Å². The predicted molar refractivity (Wildman–Crippen MR) is 79.4 cm³/mol. The Morgan fingerprint density at radius 3 is 2.85 bits per heavy atom. The Bertz CT molecular complexity index is 640. The van der Waals surface area contributed by atoms with Crippen LogP contribution in [0.4, 0.5) is 5.69 Å². The summed E-state index contributed by atoms with van der Waals surface area (Å²) in [6, 6.07) is 7.21. The molecule has 1 atom stereocenters. The summed E-state index contributed by atoms with van der Waals surface area (Å²) < 4.78 is 25.2. The van der Waals surface area contributed by atoms with Gasteiger partial charge in [0.25, 0.3) is 0 Å². The van der Waals surface area contributed by atoms with E-state index in [-0.39, 0.29) is 6.04 Å². The highest BCUT2D eigenvalue weighted by Crippen LogP contribution is 2.25. The van der Waals surface area contributed by atoms with Gasteiger partial charge in [0, 0.05) is 24.8 Å². The van der Waals surface area contributed by atoms with E-state index in [1.165, 1.54) is 6.26 Å². The summed E-state index contributed by atoms with van der Waals surface area (Å²) in [5.41, 5.74) is 1.35. The number of rotatable bonds is 3. The van der Waals surface area contributed by atoms with E-state index < -0.39 is 10.0 Å². The first-order valence-electron chi connectivity index (χ1n) is 6.31. The largest absolute Gasteiger partial charge is 0.370 e. The van der Waals surface area contributed by atoms with Crippen LogP contribution in [0.5, 0.6) is 0 Å².